The lowest BCUT2D eigenvalue weighted by Gasteiger charge is -2.26. The van der Waals surface area contributed by atoms with Gasteiger partial charge < -0.3 is 5.73 Å². The second-order valence-corrected chi connectivity index (χ2v) is 6.62. The molecule has 1 fully saturated rings. The molecule has 5 heteroatoms. The molecule has 1 aromatic rings. The van der Waals surface area contributed by atoms with E-state index < -0.39 is 10.0 Å². The largest absolute Gasteiger partial charge is 0.398 e. The first-order valence-electron chi connectivity index (χ1n) is 6.44. The predicted molar refractivity (Wildman–Crippen MR) is 72.8 cm³/mol. The Morgan fingerprint density at radius 2 is 1.89 bits per heavy atom. The highest BCUT2D eigenvalue weighted by Crippen LogP contribution is 2.24. The van der Waals surface area contributed by atoms with Gasteiger partial charge in [-0.25, -0.2) is 8.42 Å². The molecule has 1 aliphatic rings. The number of anilines is 1. The highest BCUT2D eigenvalue weighted by atomic mass is 32.2. The molecule has 0 amide bonds. The molecule has 1 heterocycles. The zero-order chi connectivity index (χ0) is 13.2. The van der Waals surface area contributed by atoms with E-state index in [0.717, 1.165) is 31.2 Å². The number of nitrogens with zero attached hydrogens (tertiary/aromatic N) is 1. The van der Waals surface area contributed by atoms with Gasteiger partial charge in [0.15, 0.2) is 0 Å². The minimum Gasteiger partial charge on any atom is -0.398 e. The molecule has 0 aliphatic carbocycles. The summed E-state index contributed by atoms with van der Waals surface area (Å²) in [4.78, 5) is 0.319. The first kappa shape index (κ1) is 13.4. The predicted octanol–water partition coefficient (Wildman–Crippen LogP) is 2.01. The summed E-state index contributed by atoms with van der Waals surface area (Å²) in [6, 6.07) is 5.06. The minimum atomic E-state index is -3.36. The lowest BCUT2D eigenvalue weighted by Crippen LogP contribution is -2.35. The van der Waals surface area contributed by atoms with Gasteiger partial charge in [-0.1, -0.05) is 19.4 Å². The molecule has 0 unspecified atom stereocenters. The molecule has 0 saturated carbocycles. The number of piperidine rings is 1. The van der Waals surface area contributed by atoms with Crippen LogP contribution in [0.5, 0.6) is 0 Å². The summed E-state index contributed by atoms with van der Waals surface area (Å²) in [6.07, 6.45) is 3.82. The smallest absolute Gasteiger partial charge is 0.243 e. The van der Waals surface area contributed by atoms with E-state index in [-0.39, 0.29) is 0 Å². The second kappa shape index (κ2) is 5.28. The quantitative estimate of drug-likeness (QED) is 0.853. The van der Waals surface area contributed by atoms with E-state index in [4.69, 9.17) is 5.73 Å². The van der Waals surface area contributed by atoms with Crippen LogP contribution in [0.25, 0.3) is 0 Å². The number of sulfonamides is 1. The molecule has 0 radical (unpaired) electrons. The van der Waals surface area contributed by atoms with E-state index in [9.17, 15) is 8.42 Å². The number of nitrogen functional groups attached to an aromatic ring is 1. The fourth-order valence-corrected chi connectivity index (χ4v) is 3.86. The first-order valence-corrected chi connectivity index (χ1v) is 7.88. The number of hydrogen-bond donors (Lipinski definition) is 1. The van der Waals surface area contributed by atoms with Gasteiger partial charge in [0.1, 0.15) is 0 Å². The van der Waals surface area contributed by atoms with Crippen LogP contribution in [-0.4, -0.2) is 25.8 Å². The van der Waals surface area contributed by atoms with E-state index in [1.807, 2.05) is 13.0 Å². The Labute approximate surface area is 109 Å². The third-order valence-electron chi connectivity index (χ3n) is 3.45. The van der Waals surface area contributed by atoms with Crippen molar-refractivity contribution < 1.29 is 8.42 Å². The SMILES string of the molecule is CCc1ccc(S(=O)(=O)N2CCCCC2)cc1N. The van der Waals surface area contributed by atoms with Crippen molar-refractivity contribution in [1.82, 2.24) is 4.31 Å². The second-order valence-electron chi connectivity index (χ2n) is 4.68. The van der Waals surface area contributed by atoms with E-state index in [1.54, 1.807) is 16.4 Å². The number of nitrogens with two attached hydrogens (primary N) is 1. The summed E-state index contributed by atoms with van der Waals surface area (Å²) in [7, 11) is -3.36. The summed E-state index contributed by atoms with van der Waals surface area (Å²) < 4.78 is 26.4. The van der Waals surface area contributed by atoms with Crippen molar-refractivity contribution in [1.29, 1.82) is 0 Å². The van der Waals surface area contributed by atoms with Gasteiger partial charge in [0.2, 0.25) is 10.0 Å². The van der Waals surface area contributed by atoms with Crippen molar-refractivity contribution in [2.75, 3.05) is 18.8 Å². The van der Waals surface area contributed by atoms with Crippen molar-refractivity contribution in [3.63, 3.8) is 0 Å². The van der Waals surface area contributed by atoms with Crippen LogP contribution < -0.4 is 5.73 Å². The molecule has 1 aliphatic heterocycles. The Balaban J connectivity index is 2.32. The molecule has 1 aromatic carbocycles. The summed E-state index contributed by atoms with van der Waals surface area (Å²) in [5, 5.41) is 0. The van der Waals surface area contributed by atoms with Gasteiger partial charge >= 0.3 is 0 Å². The topological polar surface area (TPSA) is 63.4 Å². The fraction of sp³-hybridized carbons (Fsp3) is 0.538. The van der Waals surface area contributed by atoms with Crippen molar-refractivity contribution in [2.45, 2.75) is 37.5 Å². The molecule has 0 bridgehead atoms. The maximum absolute atomic E-state index is 12.4. The van der Waals surface area contributed by atoms with Crippen LogP contribution in [0.3, 0.4) is 0 Å². The van der Waals surface area contributed by atoms with Gasteiger partial charge in [-0.05, 0) is 37.0 Å². The molecule has 18 heavy (non-hydrogen) atoms. The van der Waals surface area contributed by atoms with Gasteiger partial charge in [-0.2, -0.15) is 4.31 Å². The number of aryl methyl sites for hydroxylation is 1. The van der Waals surface area contributed by atoms with Crippen molar-refractivity contribution in [3.8, 4) is 0 Å². The molecule has 4 nitrogen and oxygen atoms in total. The monoisotopic (exact) mass is 268 g/mol. The molecule has 0 aromatic heterocycles. The van der Waals surface area contributed by atoms with Crippen LogP contribution in [0.1, 0.15) is 31.7 Å². The number of benzene rings is 1. The van der Waals surface area contributed by atoms with Gasteiger partial charge in [0.25, 0.3) is 0 Å². The van der Waals surface area contributed by atoms with E-state index in [0.29, 0.717) is 23.7 Å². The summed E-state index contributed by atoms with van der Waals surface area (Å²) in [5.41, 5.74) is 7.43. The van der Waals surface area contributed by atoms with Gasteiger partial charge in [-0.15, -0.1) is 0 Å². The highest BCUT2D eigenvalue weighted by Gasteiger charge is 2.26. The minimum absolute atomic E-state index is 0.319. The standard InChI is InChI=1S/C13H20N2O2S/c1-2-11-6-7-12(10-13(11)14)18(16,17)15-8-4-3-5-9-15/h6-7,10H,2-5,8-9,14H2,1H3. The zero-order valence-corrected chi connectivity index (χ0v) is 11.5. The fourth-order valence-electron chi connectivity index (χ4n) is 2.31. The Hall–Kier alpha value is -1.07. The van der Waals surface area contributed by atoms with Crippen molar-refractivity contribution in [3.05, 3.63) is 23.8 Å². The summed E-state index contributed by atoms with van der Waals surface area (Å²) >= 11 is 0. The summed E-state index contributed by atoms with van der Waals surface area (Å²) in [5.74, 6) is 0. The van der Waals surface area contributed by atoms with Crippen LogP contribution in [0.4, 0.5) is 5.69 Å². The average Bonchev–Trinajstić information content (AvgIpc) is 2.39. The average molecular weight is 268 g/mol. The Kier molecular flexibility index (Phi) is 3.92. The van der Waals surface area contributed by atoms with Crippen LogP contribution in [0.2, 0.25) is 0 Å². The molecule has 0 spiro atoms. The molecular weight excluding hydrogens is 248 g/mol. The Morgan fingerprint density at radius 3 is 2.44 bits per heavy atom. The molecule has 1 saturated heterocycles. The molecular formula is C13H20N2O2S. The third-order valence-corrected chi connectivity index (χ3v) is 5.35. The number of hydrogen-bond acceptors (Lipinski definition) is 3. The molecule has 0 atom stereocenters. The van der Waals surface area contributed by atoms with Crippen molar-refractivity contribution in [2.24, 2.45) is 0 Å². The normalized spacial score (nSPS) is 17.8. The Bertz CT molecular complexity index is 520. The van der Waals surface area contributed by atoms with Crippen LogP contribution in [0, 0.1) is 0 Å². The maximum Gasteiger partial charge on any atom is 0.243 e. The molecule has 2 N–H and O–H groups in total. The highest BCUT2D eigenvalue weighted by molar-refractivity contribution is 7.89. The third kappa shape index (κ3) is 2.52. The van der Waals surface area contributed by atoms with Gasteiger partial charge in [0.05, 0.1) is 4.90 Å². The van der Waals surface area contributed by atoms with E-state index >= 15 is 0 Å². The van der Waals surface area contributed by atoms with Gasteiger partial charge in [0, 0.05) is 18.8 Å². The van der Waals surface area contributed by atoms with Crippen molar-refractivity contribution >= 4 is 15.7 Å². The maximum atomic E-state index is 12.4. The summed E-state index contributed by atoms with van der Waals surface area (Å²) in [6.45, 7) is 3.25. The molecule has 2 rings (SSSR count). The first-order chi connectivity index (χ1) is 8.55. The zero-order valence-electron chi connectivity index (χ0n) is 10.7. The Morgan fingerprint density at radius 1 is 1.22 bits per heavy atom. The molecule has 100 valence electrons. The lowest BCUT2D eigenvalue weighted by atomic mass is 10.1. The lowest BCUT2D eigenvalue weighted by molar-refractivity contribution is 0.346. The van der Waals surface area contributed by atoms with Gasteiger partial charge in [-0.3, -0.25) is 0 Å². The van der Waals surface area contributed by atoms with Crippen LogP contribution in [-0.2, 0) is 16.4 Å². The van der Waals surface area contributed by atoms with E-state index in [1.165, 1.54) is 0 Å². The van der Waals surface area contributed by atoms with E-state index in [2.05, 4.69) is 0 Å². The van der Waals surface area contributed by atoms with Crippen LogP contribution in [0.15, 0.2) is 23.1 Å². The van der Waals surface area contributed by atoms with Crippen LogP contribution >= 0.6 is 0 Å². The number of rotatable bonds is 3.